The zero-order chi connectivity index (χ0) is 21.8. The fraction of sp³-hybridized carbons (Fsp3) is 0.591. The van der Waals surface area contributed by atoms with Crippen molar-refractivity contribution < 1.29 is 23.6 Å². The van der Waals surface area contributed by atoms with E-state index in [0.29, 0.717) is 6.32 Å². The average molecular weight is 401 g/mol. The van der Waals surface area contributed by atoms with Crippen molar-refractivity contribution in [1.82, 2.24) is 4.57 Å². The maximum Gasteiger partial charge on any atom is 0.462 e. The highest BCUT2D eigenvalue weighted by Gasteiger charge is 2.51. The molecule has 0 bridgehead atoms. The fourth-order valence-electron chi connectivity index (χ4n) is 3.67. The van der Waals surface area contributed by atoms with E-state index in [0.717, 1.165) is 27.8 Å². The molecule has 7 heteroatoms. The molecule has 0 radical (unpaired) electrons. The molecule has 0 N–H and O–H groups in total. The minimum Gasteiger partial charge on any atom is -0.496 e. The molecule has 2 heterocycles. The van der Waals surface area contributed by atoms with Crippen molar-refractivity contribution in [2.24, 2.45) is 0 Å². The Morgan fingerprint density at radius 1 is 1.17 bits per heavy atom. The summed E-state index contributed by atoms with van der Waals surface area (Å²) in [5, 5.41) is 0.866. The largest absolute Gasteiger partial charge is 0.496 e. The zero-order valence-electron chi connectivity index (χ0n) is 19.0. The lowest BCUT2D eigenvalue weighted by Crippen LogP contribution is -2.41. The number of hydrogen-bond acceptors (Lipinski definition) is 5. The van der Waals surface area contributed by atoms with E-state index in [9.17, 15) is 4.79 Å². The third-order valence-electron chi connectivity index (χ3n) is 5.67. The predicted molar refractivity (Wildman–Crippen MR) is 115 cm³/mol. The summed E-state index contributed by atoms with van der Waals surface area (Å²) in [5.74, 6) is 0.725. The van der Waals surface area contributed by atoms with Crippen molar-refractivity contribution in [3.8, 4) is 5.75 Å². The Kier molecular flexibility index (Phi) is 5.29. The fourth-order valence-corrected chi connectivity index (χ4v) is 3.67. The number of fused-ring (bicyclic) bond motifs is 1. The normalized spacial score (nSPS) is 18.3. The molecule has 3 rings (SSSR count). The summed E-state index contributed by atoms with van der Waals surface area (Å²) in [6.45, 7) is 15.7. The quantitative estimate of drug-likeness (QED) is 0.684. The number of carbonyl (C=O) groups excluding carboxylic acids is 1. The molecule has 158 valence electrons. The molecule has 0 aliphatic carbocycles. The summed E-state index contributed by atoms with van der Waals surface area (Å²) in [5.41, 5.74) is 1.39. The summed E-state index contributed by atoms with van der Waals surface area (Å²) >= 11 is 0. The van der Waals surface area contributed by atoms with Crippen LogP contribution in [0.15, 0.2) is 18.3 Å². The van der Waals surface area contributed by atoms with Crippen LogP contribution in [0.25, 0.3) is 10.9 Å². The molecular formula is C22H32BNO5. The summed E-state index contributed by atoms with van der Waals surface area (Å²) in [4.78, 5) is 12.7. The molecule has 0 atom stereocenters. The molecule has 0 saturated carbocycles. The van der Waals surface area contributed by atoms with Gasteiger partial charge in [-0.05, 0) is 72.6 Å². The van der Waals surface area contributed by atoms with Crippen molar-refractivity contribution in [1.29, 1.82) is 0 Å². The maximum atomic E-state index is 12.7. The first-order valence-electron chi connectivity index (χ1n) is 10.0. The molecule has 1 saturated heterocycles. The third-order valence-corrected chi connectivity index (χ3v) is 5.67. The van der Waals surface area contributed by atoms with E-state index in [1.54, 1.807) is 13.3 Å². The molecule has 2 aromatic rings. The van der Waals surface area contributed by atoms with E-state index >= 15 is 0 Å². The van der Waals surface area contributed by atoms with Gasteiger partial charge in [-0.3, -0.25) is 4.57 Å². The van der Waals surface area contributed by atoms with E-state index in [-0.39, 0.29) is 18.3 Å². The van der Waals surface area contributed by atoms with Crippen LogP contribution in [0.2, 0.25) is 0 Å². The lowest BCUT2D eigenvalue weighted by atomic mass is 9.79. The highest BCUT2D eigenvalue weighted by molar-refractivity contribution is 6.45. The van der Waals surface area contributed by atoms with E-state index in [4.69, 9.17) is 18.8 Å². The number of rotatable bonds is 3. The molecular weight excluding hydrogens is 369 g/mol. The molecule has 1 aromatic heterocycles. The monoisotopic (exact) mass is 401 g/mol. The van der Waals surface area contributed by atoms with Crippen molar-refractivity contribution >= 4 is 24.1 Å². The number of methoxy groups -OCH3 is 1. The van der Waals surface area contributed by atoms with Crippen LogP contribution < -0.4 is 4.74 Å². The van der Waals surface area contributed by atoms with Crippen molar-refractivity contribution in [2.45, 2.75) is 78.5 Å². The third kappa shape index (κ3) is 4.03. The smallest absolute Gasteiger partial charge is 0.462 e. The summed E-state index contributed by atoms with van der Waals surface area (Å²) < 4.78 is 25.2. The van der Waals surface area contributed by atoms with Gasteiger partial charge < -0.3 is 18.8 Å². The predicted octanol–water partition coefficient (Wildman–Crippen LogP) is 4.92. The molecule has 1 aliphatic rings. The Bertz CT molecular complexity index is 923. The van der Waals surface area contributed by atoms with Crippen LogP contribution in [0.3, 0.4) is 0 Å². The van der Waals surface area contributed by atoms with Gasteiger partial charge in [-0.2, -0.15) is 0 Å². The van der Waals surface area contributed by atoms with Crippen molar-refractivity contribution in [3.05, 3.63) is 29.5 Å². The number of hydrogen-bond donors (Lipinski definition) is 0. The summed E-state index contributed by atoms with van der Waals surface area (Å²) in [6.07, 6.45) is 1.88. The Morgan fingerprint density at radius 2 is 1.76 bits per heavy atom. The molecule has 1 aliphatic heterocycles. The minimum atomic E-state index is -0.567. The molecule has 0 unspecified atom stereocenters. The number of nitrogens with zero attached hydrogens (tertiary/aromatic N) is 1. The standard InChI is InChI=1S/C22H32BNO5/c1-14-12-15(13-23-28-21(5,6)22(7,8)29-23)18(26-9)16-10-11-24(17(14)16)19(25)27-20(2,3)4/h10-12H,13H2,1-9H3. The van der Waals surface area contributed by atoms with Gasteiger partial charge in [0.25, 0.3) is 0 Å². The van der Waals surface area contributed by atoms with Gasteiger partial charge in [0, 0.05) is 17.9 Å². The first-order valence-corrected chi connectivity index (χ1v) is 10.0. The lowest BCUT2D eigenvalue weighted by Gasteiger charge is -2.32. The van der Waals surface area contributed by atoms with E-state index in [2.05, 4.69) is 0 Å². The summed E-state index contributed by atoms with van der Waals surface area (Å²) in [7, 11) is 1.28. The van der Waals surface area contributed by atoms with Gasteiger partial charge in [-0.1, -0.05) is 6.07 Å². The average Bonchev–Trinajstić information content (AvgIpc) is 3.05. The Labute approximate surface area is 173 Å². The first-order chi connectivity index (χ1) is 13.3. The van der Waals surface area contributed by atoms with Gasteiger partial charge in [-0.15, -0.1) is 0 Å². The second-order valence-corrected chi connectivity index (χ2v) is 9.70. The second kappa shape index (κ2) is 7.06. The Morgan fingerprint density at radius 3 is 2.28 bits per heavy atom. The molecule has 0 amide bonds. The van der Waals surface area contributed by atoms with Crippen LogP contribution in [0.5, 0.6) is 5.75 Å². The zero-order valence-corrected chi connectivity index (χ0v) is 19.0. The summed E-state index contributed by atoms with van der Waals surface area (Å²) in [6, 6.07) is 3.92. The highest BCUT2D eigenvalue weighted by Crippen LogP contribution is 2.40. The second-order valence-electron chi connectivity index (χ2n) is 9.70. The van der Waals surface area contributed by atoms with Crippen molar-refractivity contribution in [3.63, 3.8) is 0 Å². The minimum absolute atomic E-state index is 0.362. The Hall–Kier alpha value is -1.99. The first kappa shape index (κ1) is 21.7. The molecule has 0 spiro atoms. The van der Waals surface area contributed by atoms with E-state index < -0.39 is 11.7 Å². The lowest BCUT2D eigenvalue weighted by molar-refractivity contribution is 0.00578. The Balaban J connectivity index is 1.98. The van der Waals surface area contributed by atoms with Crippen LogP contribution in [0.1, 0.15) is 59.6 Å². The number of benzene rings is 1. The van der Waals surface area contributed by atoms with Gasteiger partial charge in [-0.25, -0.2) is 4.79 Å². The molecule has 6 nitrogen and oxygen atoms in total. The van der Waals surface area contributed by atoms with Gasteiger partial charge >= 0.3 is 13.2 Å². The van der Waals surface area contributed by atoms with Crippen molar-refractivity contribution in [2.75, 3.05) is 7.11 Å². The highest BCUT2D eigenvalue weighted by atomic mass is 16.7. The van der Waals surface area contributed by atoms with Crippen LogP contribution in [0, 0.1) is 6.92 Å². The van der Waals surface area contributed by atoms with Gasteiger partial charge in [0.1, 0.15) is 11.4 Å². The number of aromatic nitrogens is 1. The van der Waals surface area contributed by atoms with E-state index in [1.807, 2.05) is 67.5 Å². The maximum absolute atomic E-state index is 12.7. The van der Waals surface area contributed by atoms with Crippen LogP contribution in [0.4, 0.5) is 4.79 Å². The van der Waals surface area contributed by atoms with Gasteiger partial charge in [0.05, 0.1) is 23.8 Å². The topological polar surface area (TPSA) is 58.9 Å². The number of ether oxygens (including phenoxy) is 2. The molecule has 1 fully saturated rings. The van der Waals surface area contributed by atoms with Crippen LogP contribution in [-0.2, 0) is 20.4 Å². The molecule has 1 aromatic carbocycles. The van der Waals surface area contributed by atoms with Gasteiger partial charge in [0.2, 0.25) is 0 Å². The number of carbonyl (C=O) groups is 1. The molecule has 29 heavy (non-hydrogen) atoms. The van der Waals surface area contributed by atoms with Crippen LogP contribution in [-0.4, -0.2) is 41.7 Å². The SMILES string of the molecule is COc1c(CB2OC(C)(C)C(C)(C)O2)cc(C)c2c1ccn2C(=O)OC(C)(C)C. The van der Waals surface area contributed by atoms with Gasteiger partial charge in [0.15, 0.2) is 0 Å². The van der Waals surface area contributed by atoms with E-state index in [1.165, 1.54) is 4.57 Å². The van der Waals surface area contributed by atoms with Crippen LogP contribution >= 0.6 is 0 Å². The number of aryl methyl sites for hydroxylation is 1.